The van der Waals surface area contributed by atoms with Crippen molar-refractivity contribution in [2.24, 2.45) is 7.05 Å². The van der Waals surface area contributed by atoms with E-state index in [0.717, 1.165) is 36.7 Å². The zero-order valence-electron chi connectivity index (χ0n) is 8.04. The number of anilines is 1. The molecule has 13 heavy (non-hydrogen) atoms. The highest BCUT2D eigenvalue weighted by Crippen LogP contribution is 2.24. The second kappa shape index (κ2) is 3.03. The maximum absolute atomic E-state index is 9.44. The Kier molecular flexibility index (Phi) is 2.00. The number of hydrogen-bond acceptors (Lipinski definition) is 3. The number of fused-ring (bicyclic) bond motifs is 1. The average molecular weight is 181 g/mol. The van der Waals surface area contributed by atoms with Gasteiger partial charge >= 0.3 is 0 Å². The molecular weight excluding hydrogens is 166 g/mol. The number of imidazole rings is 1. The predicted molar refractivity (Wildman–Crippen MR) is 50.7 cm³/mol. The SMILES string of the molecule is CC(O)c1nc2c(n1C)NCCC2. The summed E-state index contributed by atoms with van der Waals surface area (Å²) < 4.78 is 1.94. The summed E-state index contributed by atoms with van der Waals surface area (Å²) in [4.78, 5) is 4.40. The van der Waals surface area contributed by atoms with Crippen LogP contribution in [0, 0.1) is 0 Å². The molecule has 0 aromatic carbocycles. The summed E-state index contributed by atoms with van der Waals surface area (Å²) in [6, 6.07) is 0. The molecule has 1 atom stereocenters. The lowest BCUT2D eigenvalue weighted by atomic mass is 10.2. The van der Waals surface area contributed by atoms with Crippen molar-refractivity contribution in [1.29, 1.82) is 0 Å². The van der Waals surface area contributed by atoms with E-state index in [1.807, 2.05) is 11.6 Å². The summed E-state index contributed by atoms with van der Waals surface area (Å²) in [6.07, 6.45) is 1.66. The molecule has 0 saturated carbocycles. The van der Waals surface area contributed by atoms with E-state index in [4.69, 9.17) is 0 Å². The molecule has 72 valence electrons. The van der Waals surface area contributed by atoms with Crippen LogP contribution in [0.15, 0.2) is 0 Å². The van der Waals surface area contributed by atoms with Crippen molar-refractivity contribution in [2.75, 3.05) is 11.9 Å². The number of aliphatic hydroxyl groups excluding tert-OH is 1. The molecule has 0 amide bonds. The first-order valence-corrected chi connectivity index (χ1v) is 4.67. The molecule has 1 aliphatic heterocycles. The van der Waals surface area contributed by atoms with E-state index in [2.05, 4.69) is 10.3 Å². The molecule has 1 aromatic rings. The van der Waals surface area contributed by atoms with Crippen LogP contribution in [0.4, 0.5) is 5.82 Å². The molecule has 0 fully saturated rings. The Hall–Kier alpha value is -1.03. The van der Waals surface area contributed by atoms with Gasteiger partial charge in [0.25, 0.3) is 0 Å². The second-order valence-corrected chi connectivity index (χ2v) is 3.53. The van der Waals surface area contributed by atoms with E-state index in [1.165, 1.54) is 0 Å². The van der Waals surface area contributed by atoms with Gasteiger partial charge in [0.2, 0.25) is 0 Å². The first-order chi connectivity index (χ1) is 6.20. The summed E-state index contributed by atoms with van der Waals surface area (Å²) in [5.41, 5.74) is 1.09. The first-order valence-electron chi connectivity index (χ1n) is 4.67. The van der Waals surface area contributed by atoms with Crippen LogP contribution >= 0.6 is 0 Å². The van der Waals surface area contributed by atoms with Gasteiger partial charge in [-0.25, -0.2) is 4.98 Å². The smallest absolute Gasteiger partial charge is 0.139 e. The number of nitrogens with one attached hydrogen (secondary N) is 1. The third-order valence-corrected chi connectivity index (χ3v) is 2.46. The van der Waals surface area contributed by atoms with Crippen molar-refractivity contribution in [3.8, 4) is 0 Å². The van der Waals surface area contributed by atoms with E-state index in [9.17, 15) is 5.11 Å². The fraction of sp³-hybridized carbons (Fsp3) is 0.667. The van der Waals surface area contributed by atoms with Crippen LogP contribution < -0.4 is 5.32 Å². The van der Waals surface area contributed by atoms with E-state index >= 15 is 0 Å². The molecule has 0 aliphatic carbocycles. The minimum absolute atomic E-state index is 0.489. The van der Waals surface area contributed by atoms with Gasteiger partial charge in [-0.1, -0.05) is 0 Å². The molecule has 0 radical (unpaired) electrons. The maximum atomic E-state index is 9.44. The lowest BCUT2D eigenvalue weighted by molar-refractivity contribution is 0.185. The average Bonchev–Trinajstić information content (AvgIpc) is 2.45. The standard InChI is InChI=1S/C9H15N3O/c1-6(13)8-11-7-4-3-5-10-9(7)12(8)2/h6,10,13H,3-5H2,1-2H3. The third-order valence-electron chi connectivity index (χ3n) is 2.46. The lowest BCUT2D eigenvalue weighted by Crippen LogP contribution is -2.13. The molecule has 4 nitrogen and oxygen atoms in total. The van der Waals surface area contributed by atoms with Crippen molar-refractivity contribution < 1.29 is 5.11 Å². The van der Waals surface area contributed by atoms with Crippen molar-refractivity contribution in [3.05, 3.63) is 11.5 Å². The number of rotatable bonds is 1. The topological polar surface area (TPSA) is 50.1 Å². The Morgan fingerprint density at radius 3 is 3.00 bits per heavy atom. The van der Waals surface area contributed by atoms with E-state index in [-0.39, 0.29) is 0 Å². The van der Waals surface area contributed by atoms with Crippen LogP contribution in [-0.4, -0.2) is 21.2 Å². The second-order valence-electron chi connectivity index (χ2n) is 3.53. The van der Waals surface area contributed by atoms with Gasteiger partial charge < -0.3 is 15.0 Å². The van der Waals surface area contributed by atoms with E-state index in [0.29, 0.717) is 0 Å². The Labute approximate surface area is 77.6 Å². The number of aliphatic hydroxyl groups is 1. The molecule has 2 N–H and O–H groups in total. The van der Waals surface area contributed by atoms with Crippen LogP contribution in [0.5, 0.6) is 0 Å². The third kappa shape index (κ3) is 1.31. The van der Waals surface area contributed by atoms with Crippen LogP contribution in [-0.2, 0) is 13.5 Å². The molecule has 2 rings (SSSR count). The Bertz CT molecular complexity index is 317. The Morgan fingerprint density at radius 1 is 1.62 bits per heavy atom. The van der Waals surface area contributed by atoms with E-state index in [1.54, 1.807) is 6.92 Å². The number of nitrogens with zero attached hydrogens (tertiary/aromatic N) is 2. The molecule has 0 spiro atoms. The highest BCUT2D eigenvalue weighted by Gasteiger charge is 2.19. The van der Waals surface area contributed by atoms with Crippen LogP contribution in [0.25, 0.3) is 0 Å². The zero-order chi connectivity index (χ0) is 9.42. The summed E-state index contributed by atoms with van der Waals surface area (Å²) in [5, 5.41) is 12.7. The van der Waals surface area contributed by atoms with Gasteiger partial charge in [-0.05, 0) is 19.8 Å². The first kappa shape index (κ1) is 8.56. The van der Waals surface area contributed by atoms with Crippen molar-refractivity contribution in [1.82, 2.24) is 9.55 Å². The molecule has 2 heterocycles. The fourth-order valence-corrected chi connectivity index (χ4v) is 1.81. The minimum Gasteiger partial charge on any atom is -0.385 e. The van der Waals surface area contributed by atoms with Crippen LogP contribution in [0.2, 0.25) is 0 Å². The van der Waals surface area contributed by atoms with Gasteiger partial charge in [-0.2, -0.15) is 0 Å². The summed E-state index contributed by atoms with van der Waals surface area (Å²) in [7, 11) is 1.94. The van der Waals surface area contributed by atoms with Gasteiger partial charge in [-0.15, -0.1) is 0 Å². The van der Waals surface area contributed by atoms with Gasteiger partial charge in [0, 0.05) is 13.6 Å². The molecule has 1 unspecified atom stereocenters. The normalized spacial score (nSPS) is 17.8. The van der Waals surface area contributed by atoms with Gasteiger partial charge in [0.15, 0.2) is 0 Å². The number of hydrogen-bond donors (Lipinski definition) is 2. The van der Waals surface area contributed by atoms with E-state index < -0.39 is 6.10 Å². The maximum Gasteiger partial charge on any atom is 0.139 e. The molecule has 0 bridgehead atoms. The number of aromatic nitrogens is 2. The Balaban J connectivity index is 2.44. The van der Waals surface area contributed by atoms with Gasteiger partial charge in [-0.3, -0.25) is 0 Å². The summed E-state index contributed by atoms with van der Waals surface area (Å²) >= 11 is 0. The monoisotopic (exact) mass is 181 g/mol. The Morgan fingerprint density at radius 2 is 2.38 bits per heavy atom. The predicted octanol–water partition coefficient (Wildman–Crippen LogP) is 0.831. The lowest BCUT2D eigenvalue weighted by Gasteiger charge is -2.14. The summed E-state index contributed by atoms with van der Waals surface area (Å²) in [5.74, 6) is 1.82. The van der Waals surface area contributed by atoms with Crippen molar-refractivity contribution in [2.45, 2.75) is 25.9 Å². The molecule has 1 aliphatic rings. The highest BCUT2D eigenvalue weighted by atomic mass is 16.3. The van der Waals surface area contributed by atoms with Gasteiger partial charge in [0.1, 0.15) is 17.7 Å². The number of aryl methyl sites for hydroxylation is 1. The fourth-order valence-electron chi connectivity index (χ4n) is 1.81. The molecule has 0 saturated heterocycles. The molecular formula is C9H15N3O. The summed E-state index contributed by atoms with van der Waals surface area (Å²) in [6.45, 7) is 2.75. The largest absolute Gasteiger partial charge is 0.385 e. The van der Waals surface area contributed by atoms with Crippen molar-refractivity contribution >= 4 is 5.82 Å². The molecule has 1 aromatic heterocycles. The van der Waals surface area contributed by atoms with Crippen LogP contribution in [0.1, 0.15) is 31.0 Å². The molecule has 4 heteroatoms. The highest BCUT2D eigenvalue weighted by molar-refractivity contribution is 5.45. The minimum atomic E-state index is -0.489. The van der Waals surface area contributed by atoms with Crippen LogP contribution in [0.3, 0.4) is 0 Å². The van der Waals surface area contributed by atoms with Gasteiger partial charge in [0.05, 0.1) is 5.69 Å². The quantitative estimate of drug-likeness (QED) is 0.674. The zero-order valence-corrected chi connectivity index (χ0v) is 8.04. The van der Waals surface area contributed by atoms with Crippen molar-refractivity contribution in [3.63, 3.8) is 0 Å².